The number of benzene rings is 1. The molecule has 15 heavy (non-hydrogen) atoms. The van der Waals surface area contributed by atoms with Crippen molar-refractivity contribution >= 4 is 21.9 Å². The molecule has 5 heteroatoms. The third-order valence-electron chi connectivity index (χ3n) is 1.93. The Labute approximate surface area is 87.8 Å². The second kappa shape index (κ2) is 4.35. The quantitative estimate of drug-likeness (QED) is 0.557. The Bertz CT molecular complexity index is 461. The van der Waals surface area contributed by atoms with Crippen molar-refractivity contribution in [3.05, 3.63) is 30.3 Å². The number of carbonyl (C=O) groups excluding carboxylic acids is 2. The molecule has 0 fully saturated rings. The van der Waals surface area contributed by atoms with Gasteiger partial charge in [0.15, 0.2) is 20.9 Å². The van der Waals surface area contributed by atoms with E-state index in [1.807, 2.05) is 0 Å². The maximum absolute atomic E-state index is 11.8. The van der Waals surface area contributed by atoms with Crippen molar-refractivity contribution in [2.75, 3.05) is 0 Å². The molecule has 0 radical (unpaired) electrons. The average Bonchev–Trinajstić information content (AvgIpc) is 2.19. The Balaban J connectivity index is 3.24. The van der Waals surface area contributed by atoms with Crippen LogP contribution in [0, 0.1) is 0 Å². The van der Waals surface area contributed by atoms with Crippen molar-refractivity contribution in [1.29, 1.82) is 0 Å². The van der Waals surface area contributed by atoms with E-state index in [1.54, 1.807) is 6.07 Å². The number of aldehydes is 1. The van der Waals surface area contributed by atoms with Crippen LogP contribution in [0.2, 0.25) is 0 Å². The Morgan fingerprint density at radius 3 is 2.20 bits per heavy atom. The summed E-state index contributed by atoms with van der Waals surface area (Å²) in [5.41, 5.74) is 0. The highest BCUT2D eigenvalue weighted by Gasteiger charge is 2.30. The summed E-state index contributed by atoms with van der Waals surface area (Å²) in [6.45, 7) is 1.08. The van der Waals surface area contributed by atoms with Gasteiger partial charge in [0.2, 0.25) is 0 Å². The van der Waals surface area contributed by atoms with Gasteiger partial charge in [0.05, 0.1) is 4.90 Å². The Morgan fingerprint density at radius 2 is 1.80 bits per heavy atom. The normalized spacial score (nSPS) is 13.1. The lowest BCUT2D eigenvalue weighted by atomic mass is 10.3. The fraction of sp³-hybridized carbons (Fsp3) is 0.200. The van der Waals surface area contributed by atoms with Gasteiger partial charge >= 0.3 is 0 Å². The molecule has 0 saturated heterocycles. The predicted octanol–water partition coefficient (Wildman–Crippen LogP) is 0.617. The number of sulfone groups is 1. The highest BCUT2D eigenvalue weighted by atomic mass is 32.2. The molecule has 1 aromatic rings. The molecule has 1 atom stereocenters. The minimum absolute atomic E-state index is 0.0164. The number of carbonyl (C=O) groups is 2. The highest BCUT2D eigenvalue weighted by Crippen LogP contribution is 2.14. The Hall–Kier alpha value is -1.49. The number of rotatable bonds is 4. The first kappa shape index (κ1) is 11.6. The standard InChI is InChI=1S/C10H10O4S/c1-8(12)10(7-11)15(13,14)9-5-3-2-4-6-9/h2-7,10H,1H3. The number of hydrogen-bond donors (Lipinski definition) is 0. The van der Waals surface area contributed by atoms with Crippen LogP contribution in [-0.4, -0.2) is 25.7 Å². The van der Waals surface area contributed by atoms with Crippen molar-refractivity contribution < 1.29 is 18.0 Å². The number of ketones is 1. The molecular weight excluding hydrogens is 216 g/mol. The summed E-state index contributed by atoms with van der Waals surface area (Å²) in [6.07, 6.45) is 0.157. The molecule has 1 rings (SSSR count). The van der Waals surface area contributed by atoms with Crippen LogP contribution < -0.4 is 0 Å². The SMILES string of the molecule is CC(=O)C(C=O)S(=O)(=O)c1ccccc1. The van der Waals surface area contributed by atoms with Gasteiger partial charge in [-0.1, -0.05) is 18.2 Å². The fourth-order valence-corrected chi connectivity index (χ4v) is 2.56. The van der Waals surface area contributed by atoms with Crippen molar-refractivity contribution in [3.63, 3.8) is 0 Å². The zero-order chi connectivity index (χ0) is 11.5. The van der Waals surface area contributed by atoms with E-state index in [0.717, 1.165) is 6.92 Å². The Morgan fingerprint density at radius 1 is 1.27 bits per heavy atom. The van der Waals surface area contributed by atoms with Crippen molar-refractivity contribution in [3.8, 4) is 0 Å². The smallest absolute Gasteiger partial charge is 0.195 e. The molecule has 0 aliphatic heterocycles. The summed E-state index contributed by atoms with van der Waals surface area (Å²) in [7, 11) is -3.87. The zero-order valence-electron chi connectivity index (χ0n) is 8.08. The van der Waals surface area contributed by atoms with Gasteiger partial charge in [-0.05, 0) is 19.1 Å². The van der Waals surface area contributed by atoms with E-state index < -0.39 is 20.9 Å². The van der Waals surface area contributed by atoms with Crippen LogP contribution in [0.15, 0.2) is 35.2 Å². The van der Waals surface area contributed by atoms with Gasteiger partial charge in [0.1, 0.15) is 6.29 Å². The molecule has 0 saturated carbocycles. The minimum Gasteiger partial charge on any atom is -0.301 e. The summed E-state index contributed by atoms with van der Waals surface area (Å²) in [5, 5.41) is -1.60. The van der Waals surface area contributed by atoms with E-state index in [2.05, 4.69) is 0 Å². The molecular formula is C10H10O4S. The zero-order valence-corrected chi connectivity index (χ0v) is 8.90. The van der Waals surface area contributed by atoms with E-state index in [9.17, 15) is 18.0 Å². The van der Waals surface area contributed by atoms with Gasteiger partial charge in [-0.2, -0.15) is 0 Å². The molecule has 80 valence electrons. The van der Waals surface area contributed by atoms with Crippen LogP contribution in [0.4, 0.5) is 0 Å². The lowest BCUT2D eigenvalue weighted by molar-refractivity contribution is -0.120. The monoisotopic (exact) mass is 226 g/mol. The van der Waals surface area contributed by atoms with Crippen LogP contribution in [0.3, 0.4) is 0 Å². The van der Waals surface area contributed by atoms with E-state index >= 15 is 0 Å². The topological polar surface area (TPSA) is 68.3 Å². The molecule has 0 aliphatic carbocycles. The lowest BCUT2D eigenvalue weighted by Crippen LogP contribution is -2.29. The predicted molar refractivity (Wildman–Crippen MR) is 54.2 cm³/mol. The third kappa shape index (κ3) is 2.30. The molecule has 0 amide bonds. The molecule has 4 nitrogen and oxygen atoms in total. The van der Waals surface area contributed by atoms with Crippen LogP contribution >= 0.6 is 0 Å². The summed E-state index contributed by atoms with van der Waals surface area (Å²) >= 11 is 0. The van der Waals surface area contributed by atoms with Crippen LogP contribution in [0.25, 0.3) is 0 Å². The molecule has 0 spiro atoms. The molecule has 0 heterocycles. The summed E-state index contributed by atoms with van der Waals surface area (Å²) in [4.78, 5) is 21.5. The van der Waals surface area contributed by atoms with Crippen molar-refractivity contribution in [2.45, 2.75) is 17.1 Å². The van der Waals surface area contributed by atoms with Crippen molar-refractivity contribution in [2.24, 2.45) is 0 Å². The number of Topliss-reactive ketones (excluding diaryl/α,β-unsaturated/α-hetero) is 1. The maximum Gasteiger partial charge on any atom is 0.195 e. The fourth-order valence-electron chi connectivity index (χ4n) is 1.14. The van der Waals surface area contributed by atoms with Crippen LogP contribution in [0.1, 0.15) is 6.92 Å². The first-order chi connectivity index (χ1) is 7.00. The van der Waals surface area contributed by atoms with E-state index in [4.69, 9.17) is 0 Å². The van der Waals surface area contributed by atoms with Gasteiger partial charge in [-0.3, -0.25) is 4.79 Å². The minimum atomic E-state index is -3.87. The molecule has 1 unspecified atom stereocenters. The van der Waals surface area contributed by atoms with Gasteiger partial charge in [0.25, 0.3) is 0 Å². The van der Waals surface area contributed by atoms with Crippen LogP contribution in [0.5, 0.6) is 0 Å². The molecule has 1 aromatic carbocycles. The van der Waals surface area contributed by atoms with Gasteiger partial charge in [-0.15, -0.1) is 0 Å². The summed E-state index contributed by atoms with van der Waals surface area (Å²) in [5.74, 6) is -0.672. The van der Waals surface area contributed by atoms with E-state index in [-0.39, 0.29) is 11.2 Å². The third-order valence-corrected chi connectivity index (χ3v) is 3.97. The highest BCUT2D eigenvalue weighted by molar-refractivity contribution is 7.93. The lowest BCUT2D eigenvalue weighted by Gasteiger charge is -2.07. The van der Waals surface area contributed by atoms with Crippen molar-refractivity contribution in [1.82, 2.24) is 0 Å². The summed E-state index contributed by atoms with van der Waals surface area (Å²) < 4.78 is 23.5. The van der Waals surface area contributed by atoms with Gasteiger partial charge in [-0.25, -0.2) is 8.42 Å². The first-order valence-corrected chi connectivity index (χ1v) is 5.79. The number of hydrogen-bond acceptors (Lipinski definition) is 4. The Kier molecular flexibility index (Phi) is 3.36. The van der Waals surface area contributed by atoms with E-state index in [1.165, 1.54) is 24.3 Å². The maximum atomic E-state index is 11.8. The molecule has 0 aromatic heterocycles. The molecule has 0 N–H and O–H groups in total. The molecule has 0 bridgehead atoms. The largest absolute Gasteiger partial charge is 0.301 e. The average molecular weight is 226 g/mol. The second-order valence-electron chi connectivity index (χ2n) is 3.03. The summed E-state index contributed by atoms with van der Waals surface area (Å²) in [6, 6.07) is 7.44. The second-order valence-corrected chi connectivity index (χ2v) is 5.09. The van der Waals surface area contributed by atoms with E-state index in [0.29, 0.717) is 0 Å². The van der Waals surface area contributed by atoms with Gasteiger partial charge < -0.3 is 4.79 Å². The first-order valence-electron chi connectivity index (χ1n) is 4.25. The molecule has 0 aliphatic rings. The van der Waals surface area contributed by atoms with Gasteiger partial charge in [0, 0.05) is 0 Å². The van der Waals surface area contributed by atoms with Crippen LogP contribution in [-0.2, 0) is 19.4 Å².